The van der Waals surface area contributed by atoms with Crippen molar-refractivity contribution in [2.45, 2.75) is 45.0 Å². The van der Waals surface area contributed by atoms with Crippen LogP contribution in [-0.2, 0) is 9.47 Å². The molecule has 0 bridgehead atoms. The van der Waals surface area contributed by atoms with Crippen LogP contribution in [0.1, 0.15) is 37.0 Å². The SMILES string of the molecule is CNc1ccc(C(=O)OC2CC(C)OC(C)C2)cc1. The van der Waals surface area contributed by atoms with E-state index in [1.807, 2.05) is 33.0 Å². The number of rotatable bonds is 3. The Kier molecular flexibility index (Phi) is 4.43. The summed E-state index contributed by atoms with van der Waals surface area (Å²) in [5, 5.41) is 3.02. The van der Waals surface area contributed by atoms with Crippen molar-refractivity contribution in [3.8, 4) is 0 Å². The standard InChI is InChI=1S/C15H21NO3/c1-10-8-14(9-11(2)18-10)19-15(17)12-4-6-13(16-3)7-5-12/h4-7,10-11,14,16H,8-9H2,1-3H3. The van der Waals surface area contributed by atoms with Gasteiger partial charge in [-0.15, -0.1) is 0 Å². The second-order valence-electron chi connectivity index (χ2n) is 5.08. The monoisotopic (exact) mass is 263 g/mol. The van der Waals surface area contributed by atoms with Crippen LogP contribution in [0, 0.1) is 0 Å². The molecule has 0 spiro atoms. The lowest BCUT2D eigenvalue weighted by Crippen LogP contribution is -2.35. The summed E-state index contributed by atoms with van der Waals surface area (Å²) in [6.45, 7) is 4.02. The molecule has 0 saturated carbocycles. The van der Waals surface area contributed by atoms with Crippen LogP contribution in [-0.4, -0.2) is 31.3 Å². The van der Waals surface area contributed by atoms with Crippen molar-refractivity contribution < 1.29 is 14.3 Å². The second-order valence-corrected chi connectivity index (χ2v) is 5.08. The number of benzene rings is 1. The molecule has 1 aromatic rings. The number of nitrogens with one attached hydrogen (secondary N) is 1. The van der Waals surface area contributed by atoms with Crippen molar-refractivity contribution in [3.63, 3.8) is 0 Å². The Labute approximate surface area is 114 Å². The average molecular weight is 263 g/mol. The molecule has 2 atom stereocenters. The molecule has 0 aromatic heterocycles. The third-order valence-corrected chi connectivity index (χ3v) is 3.34. The molecule has 2 rings (SSSR count). The quantitative estimate of drug-likeness (QED) is 0.852. The number of hydrogen-bond acceptors (Lipinski definition) is 4. The van der Waals surface area contributed by atoms with Crippen molar-refractivity contribution in [3.05, 3.63) is 29.8 Å². The molecule has 1 N–H and O–H groups in total. The molecule has 0 amide bonds. The smallest absolute Gasteiger partial charge is 0.338 e. The Morgan fingerprint density at radius 1 is 1.21 bits per heavy atom. The molecule has 1 aliphatic rings. The van der Waals surface area contributed by atoms with Gasteiger partial charge in [-0.2, -0.15) is 0 Å². The highest BCUT2D eigenvalue weighted by Gasteiger charge is 2.27. The first kappa shape index (κ1) is 13.9. The molecule has 1 aliphatic heterocycles. The summed E-state index contributed by atoms with van der Waals surface area (Å²) in [5.41, 5.74) is 1.57. The maximum absolute atomic E-state index is 12.0. The molecule has 4 heteroatoms. The van der Waals surface area contributed by atoms with E-state index in [1.165, 1.54) is 0 Å². The Morgan fingerprint density at radius 3 is 2.32 bits per heavy atom. The van der Waals surface area contributed by atoms with E-state index in [4.69, 9.17) is 9.47 Å². The summed E-state index contributed by atoms with van der Waals surface area (Å²) in [6.07, 6.45) is 1.78. The van der Waals surface area contributed by atoms with Gasteiger partial charge in [0.2, 0.25) is 0 Å². The molecule has 1 aromatic carbocycles. The minimum absolute atomic E-state index is 0.0461. The highest BCUT2D eigenvalue weighted by Crippen LogP contribution is 2.22. The van der Waals surface area contributed by atoms with Gasteiger partial charge in [0.25, 0.3) is 0 Å². The van der Waals surface area contributed by atoms with Crippen LogP contribution in [0.25, 0.3) is 0 Å². The molecular formula is C15H21NO3. The predicted molar refractivity (Wildman–Crippen MR) is 74.4 cm³/mol. The predicted octanol–water partition coefficient (Wildman–Crippen LogP) is 2.84. The minimum Gasteiger partial charge on any atom is -0.459 e. The number of esters is 1. The van der Waals surface area contributed by atoms with Gasteiger partial charge in [0.1, 0.15) is 6.10 Å². The zero-order valence-electron chi connectivity index (χ0n) is 11.7. The van der Waals surface area contributed by atoms with Crippen molar-refractivity contribution in [1.82, 2.24) is 0 Å². The lowest BCUT2D eigenvalue weighted by atomic mass is 10.0. The van der Waals surface area contributed by atoms with Crippen molar-refractivity contribution in [2.24, 2.45) is 0 Å². The maximum Gasteiger partial charge on any atom is 0.338 e. The van der Waals surface area contributed by atoms with E-state index in [0.717, 1.165) is 18.5 Å². The van der Waals surface area contributed by atoms with Gasteiger partial charge in [-0.25, -0.2) is 4.79 Å². The lowest BCUT2D eigenvalue weighted by Gasteiger charge is -2.31. The second kappa shape index (κ2) is 6.06. The molecule has 19 heavy (non-hydrogen) atoms. The van der Waals surface area contributed by atoms with Gasteiger partial charge in [-0.05, 0) is 38.1 Å². The van der Waals surface area contributed by atoms with E-state index < -0.39 is 0 Å². The van der Waals surface area contributed by atoms with E-state index in [9.17, 15) is 4.79 Å². The van der Waals surface area contributed by atoms with E-state index in [0.29, 0.717) is 5.56 Å². The van der Waals surface area contributed by atoms with Crippen molar-refractivity contribution in [2.75, 3.05) is 12.4 Å². The molecule has 0 radical (unpaired) electrons. The van der Waals surface area contributed by atoms with Crippen LogP contribution in [0.2, 0.25) is 0 Å². The largest absolute Gasteiger partial charge is 0.459 e. The van der Waals surface area contributed by atoms with Crippen LogP contribution in [0.4, 0.5) is 5.69 Å². The summed E-state index contributed by atoms with van der Waals surface area (Å²) < 4.78 is 11.2. The molecule has 4 nitrogen and oxygen atoms in total. The highest BCUT2D eigenvalue weighted by atomic mass is 16.6. The number of anilines is 1. The Bertz CT molecular complexity index is 420. The zero-order chi connectivity index (χ0) is 13.8. The first-order valence-electron chi connectivity index (χ1n) is 6.72. The van der Waals surface area contributed by atoms with Crippen LogP contribution in [0.5, 0.6) is 0 Å². The van der Waals surface area contributed by atoms with E-state index >= 15 is 0 Å². The summed E-state index contributed by atoms with van der Waals surface area (Å²) in [6, 6.07) is 7.29. The fourth-order valence-electron chi connectivity index (χ4n) is 2.43. The molecular weight excluding hydrogens is 242 g/mol. The topological polar surface area (TPSA) is 47.6 Å². The van der Waals surface area contributed by atoms with E-state index in [1.54, 1.807) is 12.1 Å². The highest BCUT2D eigenvalue weighted by molar-refractivity contribution is 5.89. The fourth-order valence-corrected chi connectivity index (χ4v) is 2.43. The third-order valence-electron chi connectivity index (χ3n) is 3.34. The van der Waals surface area contributed by atoms with Gasteiger partial charge >= 0.3 is 5.97 Å². The summed E-state index contributed by atoms with van der Waals surface area (Å²) in [5.74, 6) is -0.256. The zero-order valence-corrected chi connectivity index (χ0v) is 11.7. The molecule has 1 saturated heterocycles. The molecule has 2 unspecified atom stereocenters. The van der Waals surface area contributed by atoms with Crippen LogP contribution >= 0.6 is 0 Å². The summed E-state index contributed by atoms with van der Waals surface area (Å²) in [7, 11) is 1.85. The number of carbonyl (C=O) groups excluding carboxylic acids is 1. The normalized spacial score (nSPS) is 26.8. The van der Waals surface area contributed by atoms with Gasteiger partial charge in [-0.1, -0.05) is 0 Å². The lowest BCUT2D eigenvalue weighted by molar-refractivity contribution is -0.0855. The molecule has 104 valence electrons. The summed E-state index contributed by atoms with van der Waals surface area (Å²) >= 11 is 0. The van der Waals surface area contributed by atoms with E-state index in [-0.39, 0.29) is 24.3 Å². The minimum atomic E-state index is -0.256. The number of carbonyl (C=O) groups is 1. The molecule has 1 heterocycles. The number of hydrogen-bond donors (Lipinski definition) is 1. The Hall–Kier alpha value is -1.55. The molecule has 0 aliphatic carbocycles. The first-order chi connectivity index (χ1) is 9.08. The Balaban J connectivity index is 1.96. The van der Waals surface area contributed by atoms with Gasteiger partial charge in [0.05, 0.1) is 17.8 Å². The van der Waals surface area contributed by atoms with Gasteiger partial charge in [0, 0.05) is 25.6 Å². The first-order valence-corrected chi connectivity index (χ1v) is 6.72. The Morgan fingerprint density at radius 2 is 1.79 bits per heavy atom. The van der Waals surface area contributed by atoms with Gasteiger partial charge in [0.15, 0.2) is 0 Å². The third kappa shape index (κ3) is 3.70. The molecule has 1 fully saturated rings. The van der Waals surface area contributed by atoms with Crippen molar-refractivity contribution in [1.29, 1.82) is 0 Å². The maximum atomic E-state index is 12.0. The van der Waals surface area contributed by atoms with Gasteiger partial charge < -0.3 is 14.8 Å². The fraction of sp³-hybridized carbons (Fsp3) is 0.533. The number of ether oxygens (including phenoxy) is 2. The average Bonchev–Trinajstić information content (AvgIpc) is 2.37. The summed E-state index contributed by atoms with van der Waals surface area (Å²) in [4.78, 5) is 12.0. The van der Waals surface area contributed by atoms with Crippen LogP contribution in [0.3, 0.4) is 0 Å². The van der Waals surface area contributed by atoms with Crippen LogP contribution < -0.4 is 5.32 Å². The van der Waals surface area contributed by atoms with Gasteiger partial charge in [-0.3, -0.25) is 0 Å². The van der Waals surface area contributed by atoms with E-state index in [2.05, 4.69) is 5.32 Å². The van der Waals surface area contributed by atoms with Crippen LogP contribution in [0.15, 0.2) is 24.3 Å². The van der Waals surface area contributed by atoms with Crippen molar-refractivity contribution >= 4 is 11.7 Å².